The summed E-state index contributed by atoms with van der Waals surface area (Å²) in [7, 11) is 0. The van der Waals surface area contributed by atoms with Gasteiger partial charge in [0.15, 0.2) is 0 Å². The van der Waals surface area contributed by atoms with E-state index in [-0.39, 0.29) is 6.09 Å². The van der Waals surface area contributed by atoms with Crippen LogP contribution in [-0.4, -0.2) is 42.8 Å². The van der Waals surface area contributed by atoms with Crippen LogP contribution in [-0.2, 0) is 11.2 Å². The SMILES string of the molecule is CC(C)(C)OC(=O)N1CCC(CCCOc2ccc3c(c2)CCCN3)CC1. The molecule has 1 aromatic rings. The van der Waals surface area contributed by atoms with Crippen molar-refractivity contribution in [2.45, 2.75) is 64.9 Å². The van der Waals surface area contributed by atoms with Gasteiger partial charge in [-0.25, -0.2) is 4.79 Å². The summed E-state index contributed by atoms with van der Waals surface area (Å²) in [5, 5.41) is 3.43. The number of amides is 1. The molecule has 1 N–H and O–H groups in total. The third-order valence-electron chi connectivity index (χ3n) is 5.31. The highest BCUT2D eigenvalue weighted by atomic mass is 16.6. The molecule has 0 bridgehead atoms. The van der Waals surface area contributed by atoms with Crippen molar-refractivity contribution in [1.29, 1.82) is 0 Å². The number of carbonyl (C=O) groups is 1. The zero-order valence-corrected chi connectivity index (χ0v) is 17.1. The summed E-state index contributed by atoms with van der Waals surface area (Å²) >= 11 is 0. The monoisotopic (exact) mass is 374 g/mol. The summed E-state index contributed by atoms with van der Waals surface area (Å²) in [5.74, 6) is 1.66. The van der Waals surface area contributed by atoms with E-state index in [1.165, 1.54) is 17.7 Å². The number of carbonyl (C=O) groups excluding carboxylic acids is 1. The molecule has 0 radical (unpaired) electrons. The lowest BCUT2D eigenvalue weighted by atomic mass is 9.92. The van der Waals surface area contributed by atoms with Gasteiger partial charge in [0.2, 0.25) is 0 Å². The first kappa shape index (κ1) is 19.8. The number of piperidine rings is 1. The van der Waals surface area contributed by atoms with Crippen LogP contribution in [0.5, 0.6) is 5.75 Å². The van der Waals surface area contributed by atoms with Gasteiger partial charge in [-0.15, -0.1) is 0 Å². The van der Waals surface area contributed by atoms with Gasteiger partial charge >= 0.3 is 6.09 Å². The minimum Gasteiger partial charge on any atom is -0.494 e. The Labute approximate surface area is 163 Å². The van der Waals surface area contributed by atoms with Crippen molar-refractivity contribution in [1.82, 2.24) is 4.90 Å². The Balaban J connectivity index is 1.33. The molecule has 1 fully saturated rings. The minimum absolute atomic E-state index is 0.175. The minimum atomic E-state index is -0.419. The van der Waals surface area contributed by atoms with Crippen molar-refractivity contribution >= 4 is 11.8 Å². The third-order valence-corrected chi connectivity index (χ3v) is 5.31. The highest BCUT2D eigenvalue weighted by Crippen LogP contribution is 2.27. The first-order valence-electron chi connectivity index (χ1n) is 10.4. The number of likely N-dealkylation sites (tertiary alicyclic amines) is 1. The molecule has 2 aliphatic heterocycles. The Morgan fingerprint density at radius 3 is 2.78 bits per heavy atom. The lowest BCUT2D eigenvalue weighted by Crippen LogP contribution is -2.41. The van der Waals surface area contributed by atoms with E-state index in [4.69, 9.17) is 9.47 Å². The summed E-state index contributed by atoms with van der Waals surface area (Å²) in [6.07, 6.45) is 6.49. The lowest BCUT2D eigenvalue weighted by Gasteiger charge is -2.33. The smallest absolute Gasteiger partial charge is 0.410 e. The van der Waals surface area contributed by atoms with Gasteiger partial charge in [-0.05, 0) is 89.0 Å². The van der Waals surface area contributed by atoms with E-state index in [2.05, 4.69) is 23.5 Å². The van der Waals surface area contributed by atoms with E-state index in [1.807, 2.05) is 25.7 Å². The quantitative estimate of drug-likeness (QED) is 0.749. The molecule has 0 spiro atoms. The van der Waals surface area contributed by atoms with E-state index < -0.39 is 5.60 Å². The molecule has 1 amide bonds. The van der Waals surface area contributed by atoms with Crippen LogP contribution in [0.3, 0.4) is 0 Å². The van der Waals surface area contributed by atoms with Crippen molar-refractivity contribution in [3.05, 3.63) is 23.8 Å². The number of fused-ring (bicyclic) bond motifs is 1. The first-order chi connectivity index (χ1) is 12.9. The molecule has 0 atom stereocenters. The van der Waals surface area contributed by atoms with Gasteiger partial charge in [0.25, 0.3) is 0 Å². The number of nitrogens with zero attached hydrogens (tertiary/aromatic N) is 1. The Morgan fingerprint density at radius 1 is 1.26 bits per heavy atom. The summed E-state index contributed by atoms with van der Waals surface area (Å²) < 4.78 is 11.4. The molecule has 2 heterocycles. The summed E-state index contributed by atoms with van der Waals surface area (Å²) in [4.78, 5) is 14.0. The molecular weight excluding hydrogens is 340 g/mol. The largest absolute Gasteiger partial charge is 0.494 e. The Kier molecular flexibility index (Phi) is 6.51. The second-order valence-corrected chi connectivity index (χ2v) is 8.75. The molecule has 1 saturated heterocycles. The predicted molar refractivity (Wildman–Crippen MR) is 109 cm³/mol. The molecule has 0 aromatic heterocycles. The van der Waals surface area contributed by atoms with Crippen LogP contribution < -0.4 is 10.1 Å². The average Bonchev–Trinajstić information content (AvgIpc) is 2.64. The second kappa shape index (κ2) is 8.85. The molecule has 1 aromatic carbocycles. The van der Waals surface area contributed by atoms with Gasteiger partial charge in [-0.1, -0.05) is 0 Å². The Bertz CT molecular complexity index is 631. The average molecular weight is 375 g/mol. The van der Waals surface area contributed by atoms with Gasteiger partial charge in [0.05, 0.1) is 6.61 Å². The molecule has 150 valence electrons. The number of rotatable bonds is 5. The molecule has 5 heteroatoms. The van der Waals surface area contributed by atoms with Gasteiger partial charge in [-0.2, -0.15) is 0 Å². The number of benzene rings is 1. The van der Waals surface area contributed by atoms with Crippen LogP contribution in [0.1, 0.15) is 58.4 Å². The van der Waals surface area contributed by atoms with Crippen LogP contribution in [0.25, 0.3) is 0 Å². The number of ether oxygens (including phenoxy) is 2. The Hall–Kier alpha value is -1.91. The predicted octanol–water partition coefficient (Wildman–Crippen LogP) is 4.85. The van der Waals surface area contributed by atoms with Crippen molar-refractivity contribution in [2.24, 2.45) is 5.92 Å². The number of hydrogen-bond donors (Lipinski definition) is 1. The normalized spacial score (nSPS) is 17.8. The van der Waals surface area contributed by atoms with Gasteiger partial charge in [0.1, 0.15) is 11.4 Å². The summed E-state index contributed by atoms with van der Waals surface area (Å²) in [6, 6.07) is 6.38. The number of anilines is 1. The highest BCUT2D eigenvalue weighted by Gasteiger charge is 2.26. The molecular formula is C22H34N2O3. The maximum Gasteiger partial charge on any atom is 0.410 e. The molecule has 0 aliphatic carbocycles. The van der Waals surface area contributed by atoms with Crippen LogP contribution in [0.2, 0.25) is 0 Å². The van der Waals surface area contributed by atoms with Crippen LogP contribution in [0.15, 0.2) is 18.2 Å². The van der Waals surface area contributed by atoms with E-state index in [1.54, 1.807) is 0 Å². The second-order valence-electron chi connectivity index (χ2n) is 8.75. The van der Waals surface area contributed by atoms with Gasteiger partial charge < -0.3 is 19.7 Å². The van der Waals surface area contributed by atoms with Crippen LogP contribution >= 0.6 is 0 Å². The molecule has 5 nitrogen and oxygen atoms in total. The van der Waals surface area contributed by atoms with Crippen molar-refractivity contribution in [2.75, 3.05) is 31.6 Å². The Morgan fingerprint density at radius 2 is 2.04 bits per heavy atom. The molecule has 3 rings (SSSR count). The summed E-state index contributed by atoms with van der Waals surface area (Å²) in [5.41, 5.74) is 2.21. The van der Waals surface area contributed by atoms with E-state index in [0.717, 1.165) is 64.1 Å². The maximum atomic E-state index is 12.1. The van der Waals surface area contributed by atoms with Crippen LogP contribution in [0, 0.1) is 5.92 Å². The fourth-order valence-electron chi connectivity index (χ4n) is 3.83. The molecule has 0 unspecified atom stereocenters. The van der Waals surface area contributed by atoms with E-state index in [0.29, 0.717) is 5.92 Å². The van der Waals surface area contributed by atoms with Crippen LogP contribution in [0.4, 0.5) is 10.5 Å². The zero-order valence-electron chi connectivity index (χ0n) is 17.1. The van der Waals surface area contributed by atoms with E-state index >= 15 is 0 Å². The van der Waals surface area contributed by atoms with E-state index in [9.17, 15) is 4.79 Å². The molecule has 27 heavy (non-hydrogen) atoms. The van der Waals surface area contributed by atoms with Gasteiger partial charge in [0, 0.05) is 25.3 Å². The number of hydrogen-bond acceptors (Lipinski definition) is 4. The maximum absolute atomic E-state index is 12.1. The third kappa shape index (κ3) is 6.05. The first-order valence-corrected chi connectivity index (χ1v) is 10.4. The fraction of sp³-hybridized carbons (Fsp3) is 0.682. The highest BCUT2D eigenvalue weighted by molar-refractivity contribution is 5.68. The molecule has 0 saturated carbocycles. The molecule has 2 aliphatic rings. The fourth-order valence-corrected chi connectivity index (χ4v) is 3.83. The van der Waals surface area contributed by atoms with Gasteiger partial charge in [-0.3, -0.25) is 0 Å². The van der Waals surface area contributed by atoms with Crippen molar-refractivity contribution in [3.8, 4) is 5.75 Å². The number of aryl methyl sites for hydroxylation is 1. The van der Waals surface area contributed by atoms with Crippen molar-refractivity contribution < 1.29 is 14.3 Å². The zero-order chi connectivity index (χ0) is 19.3. The number of nitrogens with one attached hydrogen (secondary N) is 1. The standard InChI is InChI=1S/C22H34N2O3/c1-22(2,3)27-21(25)24-13-10-17(11-14-24)6-5-15-26-19-8-9-20-18(16-19)7-4-12-23-20/h8-9,16-17,23H,4-7,10-15H2,1-3H3. The summed E-state index contributed by atoms with van der Waals surface area (Å²) in [6.45, 7) is 9.18. The van der Waals surface area contributed by atoms with Crippen molar-refractivity contribution in [3.63, 3.8) is 0 Å². The topological polar surface area (TPSA) is 50.8 Å². The lowest BCUT2D eigenvalue weighted by molar-refractivity contribution is 0.0179.